The van der Waals surface area contributed by atoms with Crippen molar-refractivity contribution in [2.45, 2.75) is 46.1 Å². The van der Waals surface area contributed by atoms with E-state index in [1.165, 1.54) is 0 Å². The summed E-state index contributed by atoms with van der Waals surface area (Å²) in [6, 6.07) is 0.190. The minimum atomic E-state index is 0.190. The highest BCUT2D eigenvalue weighted by Gasteiger charge is 2.10. The molecule has 0 spiro atoms. The maximum Gasteiger partial charge on any atom is 0.211 e. The summed E-state index contributed by atoms with van der Waals surface area (Å²) in [5.74, 6) is 1.73. The number of ether oxygens (including phenoxy) is 1. The Bertz CT molecular complexity index is 299. The molecule has 1 aromatic heterocycles. The van der Waals surface area contributed by atoms with Crippen LogP contribution < -0.4 is 5.32 Å². The van der Waals surface area contributed by atoms with Gasteiger partial charge in [0.1, 0.15) is 5.76 Å². The highest BCUT2D eigenvalue weighted by Crippen LogP contribution is 2.13. The number of aryl methyl sites for hydroxylation is 1. The van der Waals surface area contributed by atoms with Crippen molar-refractivity contribution < 1.29 is 9.15 Å². The second kappa shape index (κ2) is 8.25. The van der Waals surface area contributed by atoms with Crippen LogP contribution in [-0.4, -0.2) is 24.7 Å². The van der Waals surface area contributed by atoms with Gasteiger partial charge in [-0.3, -0.25) is 0 Å². The molecule has 4 nitrogen and oxygen atoms in total. The van der Waals surface area contributed by atoms with E-state index in [4.69, 9.17) is 9.15 Å². The first-order valence-electron chi connectivity index (χ1n) is 6.53. The zero-order chi connectivity index (χ0) is 12.5. The molecule has 0 amide bonds. The van der Waals surface area contributed by atoms with Gasteiger partial charge in [0.2, 0.25) is 5.89 Å². The van der Waals surface area contributed by atoms with Gasteiger partial charge in [-0.15, -0.1) is 0 Å². The topological polar surface area (TPSA) is 47.3 Å². The fourth-order valence-electron chi connectivity index (χ4n) is 1.58. The normalized spacial score (nSPS) is 12.9. The lowest BCUT2D eigenvalue weighted by Gasteiger charge is -2.08. The van der Waals surface area contributed by atoms with Gasteiger partial charge in [0, 0.05) is 19.6 Å². The summed E-state index contributed by atoms with van der Waals surface area (Å²) < 4.78 is 11.0. The van der Waals surface area contributed by atoms with Gasteiger partial charge in [-0.25, -0.2) is 4.98 Å². The lowest BCUT2D eigenvalue weighted by atomic mass is 10.3. The van der Waals surface area contributed by atoms with Crippen molar-refractivity contribution in [3.8, 4) is 0 Å². The van der Waals surface area contributed by atoms with Crippen molar-refractivity contribution in [3.05, 3.63) is 17.8 Å². The van der Waals surface area contributed by atoms with Gasteiger partial charge in [-0.2, -0.15) is 0 Å². The van der Waals surface area contributed by atoms with Crippen LogP contribution in [0.15, 0.2) is 10.6 Å². The summed E-state index contributed by atoms with van der Waals surface area (Å²) in [5, 5.41) is 3.36. The molecule has 0 aliphatic heterocycles. The van der Waals surface area contributed by atoms with Gasteiger partial charge >= 0.3 is 0 Å². The second-order valence-corrected chi connectivity index (χ2v) is 4.14. The molecule has 0 aromatic carbocycles. The summed E-state index contributed by atoms with van der Waals surface area (Å²) >= 11 is 0. The first-order valence-corrected chi connectivity index (χ1v) is 6.53. The van der Waals surface area contributed by atoms with Crippen LogP contribution in [0.2, 0.25) is 0 Å². The van der Waals surface area contributed by atoms with Crippen LogP contribution in [0.4, 0.5) is 0 Å². The third-order valence-electron chi connectivity index (χ3n) is 2.56. The monoisotopic (exact) mass is 240 g/mol. The zero-order valence-electron chi connectivity index (χ0n) is 11.2. The first-order chi connectivity index (χ1) is 8.27. The average Bonchev–Trinajstić information content (AvgIpc) is 2.80. The maximum absolute atomic E-state index is 5.69. The largest absolute Gasteiger partial charge is 0.444 e. The van der Waals surface area contributed by atoms with Crippen LogP contribution in [0.25, 0.3) is 0 Å². The van der Waals surface area contributed by atoms with Crippen LogP contribution in [0.1, 0.15) is 51.3 Å². The van der Waals surface area contributed by atoms with Crippen LogP contribution in [0.3, 0.4) is 0 Å². The molecular weight excluding hydrogens is 216 g/mol. The van der Waals surface area contributed by atoms with E-state index in [2.05, 4.69) is 24.1 Å². The van der Waals surface area contributed by atoms with Crippen molar-refractivity contribution in [2.75, 3.05) is 19.8 Å². The molecule has 0 bridgehead atoms. The molecule has 1 atom stereocenters. The SMILES string of the molecule is CCCNC(C)c1ncc(CCCOCC)o1. The van der Waals surface area contributed by atoms with Gasteiger partial charge in [0.25, 0.3) is 0 Å². The predicted octanol–water partition coefficient (Wildman–Crippen LogP) is 2.70. The summed E-state index contributed by atoms with van der Waals surface area (Å²) in [6.07, 6.45) is 4.82. The number of nitrogens with one attached hydrogen (secondary N) is 1. The van der Waals surface area contributed by atoms with E-state index in [0.29, 0.717) is 0 Å². The Balaban J connectivity index is 2.31. The molecule has 0 aliphatic rings. The zero-order valence-corrected chi connectivity index (χ0v) is 11.2. The Morgan fingerprint density at radius 1 is 1.47 bits per heavy atom. The number of oxazole rings is 1. The van der Waals surface area contributed by atoms with Crippen LogP contribution in [0.5, 0.6) is 0 Å². The highest BCUT2D eigenvalue weighted by atomic mass is 16.5. The maximum atomic E-state index is 5.69. The lowest BCUT2D eigenvalue weighted by Crippen LogP contribution is -2.19. The Kier molecular flexibility index (Phi) is 6.89. The molecule has 0 saturated carbocycles. The highest BCUT2D eigenvalue weighted by molar-refractivity contribution is 4.97. The Morgan fingerprint density at radius 3 is 3.00 bits per heavy atom. The molecule has 1 aromatic rings. The average molecular weight is 240 g/mol. The van der Waals surface area contributed by atoms with Gasteiger partial charge in [0.15, 0.2) is 0 Å². The number of rotatable bonds is 9. The fourth-order valence-corrected chi connectivity index (χ4v) is 1.58. The molecule has 0 aliphatic carbocycles. The number of nitrogens with zero attached hydrogens (tertiary/aromatic N) is 1. The molecule has 1 heterocycles. The van der Waals surface area contributed by atoms with Crippen LogP contribution in [0, 0.1) is 0 Å². The van der Waals surface area contributed by atoms with Gasteiger partial charge in [0.05, 0.1) is 12.2 Å². The summed E-state index contributed by atoms with van der Waals surface area (Å²) in [6.45, 7) is 8.78. The predicted molar refractivity (Wildman–Crippen MR) is 68.0 cm³/mol. The van der Waals surface area contributed by atoms with Crippen molar-refractivity contribution in [2.24, 2.45) is 0 Å². The standard InChI is InChI=1S/C13H24N2O2/c1-4-8-14-11(3)13-15-10-12(17-13)7-6-9-16-5-2/h10-11,14H,4-9H2,1-3H3. The van der Waals surface area contributed by atoms with Crippen LogP contribution >= 0.6 is 0 Å². The smallest absolute Gasteiger partial charge is 0.211 e. The molecule has 1 unspecified atom stereocenters. The van der Waals surface area contributed by atoms with Gasteiger partial charge in [-0.1, -0.05) is 6.92 Å². The van der Waals surface area contributed by atoms with Gasteiger partial charge < -0.3 is 14.5 Å². The van der Waals surface area contributed by atoms with Crippen molar-refractivity contribution in [1.29, 1.82) is 0 Å². The summed E-state index contributed by atoms with van der Waals surface area (Å²) in [5.41, 5.74) is 0. The van der Waals surface area contributed by atoms with E-state index < -0.39 is 0 Å². The summed E-state index contributed by atoms with van der Waals surface area (Å²) in [4.78, 5) is 4.30. The fraction of sp³-hybridized carbons (Fsp3) is 0.769. The Labute approximate surface area is 104 Å². The minimum Gasteiger partial charge on any atom is -0.444 e. The van der Waals surface area contributed by atoms with E-state index in [-0.39, 0.29) is 6.04 Å². The third kappa shape index (κ3) is 5.33. The first kappa shape index (κ1) is 14.2. The van der Waals surface area contributed by atoms with Crippen molar-refractivity contribution >= 4 is 0 Å². The molecule has 4 heteroatoms. The Hall–Kier alpha value is -0.870. The third-order valence-corrected chi connectivity index (χ3v) is 2.56. The van der Waals surface area contributed by atoms with E-state index in [1.807, 2.05) is 13.1 Å². The number of hydrogen-bond donors (Lipinski definition) is 1. The van der Waals surface area contributed by atoms with E-state index in [0.717, 1.165) is 50.7 Å². The number of hydrogen-bond acceptors (Lipinski definition) is 4. The number of aromatic nitrogens is 1. The summed E-state index contributed by atoms with van der Waals surface area (Å²) in [7, 11) is 0. The lowest BCUT2D eigenvalue weighted by molar-refractivity contribution is 0.144. The van der Waals surface area contributed by atoms with Gasteiger partial charge in [-0.05, 0) is 33.2 Å². The molecule has 0 radical (unpaired) electrons. The molecule has 17 heavy (non-hydrogen) atoms. The second-order valence-electron chi connectivity index (χ2n) is 4.14. The quantitative estimate of drug-likeness (QED) is 0.674. The van der Waals surface area contributed by atoms with Crippen LogP contribution in [-0.2, 0) is 11.2 Å². The van der Waals surface area contributed by atoms with Crippen molar-refractivity contribution in [1.82, 2.24) is 10.3 Å². The van der Waals surface area contributed by atoms with E-state index in [1.54, 1.807) is 0 Å². The van der Waals surface area contributed by atoms with E-state index in [9.17, 15) is 0 Å². The van der Waals surface area contributed by atoms with Crippen molar-refractivity contribution in [3.63, 3.8) is 0 Å². The molecular formula is C13H24N2O2. The minimum absolute atomic E-state index is 0.190. The molecule has 0 fully saturated rings. The van der Waals surface area contributed by atoms with E-state index >= 15 is 0 Å². The molecule has 0 saturated heterocycles. The molecule has 1 N–H and O–H groups in total. The molecule has 98 valence electrons. The Morgan fingerprint density at radius 2 is 2.29 bits per heavy atom. The molecule has 1 rings (SSSR count).